The van der Waals surface area contributed by atoms with Crippen molar-refractivity contribution in [1.29, 1.82) is 0 Å². The number of aryl methyl sites for hydroxylation is 1. The van der Waals surface area contributed by atoms with Crippen LogP contribution in [0.1, 0.15) is 31.9 Å². The van der Waals surface area contributed by atoms with Crippen molar-refractivity contribution in [1.82, 2.24) is 25.0 Å². The highest BCUT2D eigenvalue weighted by molar-refractivity contribution is 5.73. The summed E-state index contributed by atoms with van der Waals surface area (Å²) in [5.41, 5.74) is 3.14. The Kier molecular flexibility index (Phi) is 5.71. The summed E-state index contributed by atoms with van der Waals surface area (Å²) in [5, 5.41) is 8.60. The zero-order valence-corrected chi connectivity index (χ0v) is 19.0. The molecule has 1 amide bonds. The maximum atomic E-state index is 11.9. The first-order valence-corrected chi connectivity index (χ1v) is 11.7. The first-order chi connectivity index (χ1) is 15.6. The topological polar surface area (TPSA) is 74.7 Å². The SMILES string of the molecule is CCOC(=O)N1CC2(CC[C@@H](N3CCN(c4ncccc4-c4ccc(C)nn4)CC3)C2)C1. The van der Waals surface area contributed by atoms with Crippen LogP contribution in [0.25, 0.3) is 11.3 Å². The second-order valence-corrected chi connectivity index (χ2v) is 9.41. The Labute approximate surface area is 189 Å². The molecule has 3 aliphatic rings. The lowest BCUT2D eigenvalue weighted by molar-refractivity contribution is -0.00294. The maximum Gasteiger partial charge on any atom is 0.409 e. The fraction of sp³-hybridized carbons (Fsp3) is 0.583. The zero-order valence-electron chi connectivity index (χ0n) is 19.0. The van der Waals surface area contributed by atoms with Crippen LogP contribution in [0.5, 0.6) is 0 Å². The van der Waals surface area contributed by atoms with Crippen LogP contribution in [-0.4, -0.2) is 83.0 Å². The number of anilines is 1. The van der Waals surface area contributed by atoms with E-state index in [0.717, 1.165) is 62.0 Å². The average molecular weight is 437 g/mol. The molecule has 0 radical (unpaired) electrons. The molecule has 0 bridgehead atoms. The predicted molar refractivity (Wildman–Crippen MR) is 122 cm³/mol. The summed E-state index contributed by atoms with van der Waals surface area (Å²) in [6.45, 7) is 9.98. The van der Waals surface area contributed by atoms with Crippen molar-refractivity contribution in [2.24, 2.45) is 5.41 Å². The normalized spacial score (nSPS) is 22.8. The third-order valence-corrected chi connectivity index (χ3v) is 7.25. The quantitative estimate of drug-likeness (QED) is 0.729. The third kappa shape index (κ3) is 4.03. The third-order valence-electron chi connectivity index (χ3n) is 7.25. The Morgan fingerprint density at radius 3 is 2.69 bits per heavy atom. The van der Waals surface area contributed by atoms with Gasteiger partial charge in [-0.2, -0.15) is 10.2 Å². The van der Waals surface area contributed by atoms with Crippen LogP contribution in [0.15, 0.2) is 30.5 Å². The van der Waals surface area contributed by atoms with E-state index in [9.17, 15) is 4.79 Å². The van der Waals surface area contributed by atoms with Gasteiger partial charge >= 0.3 is 6.09 Å². The summed E-state index contributed by atoms with van der Waals surface area (Å²) in [4.78, 5) is 23.5. The minimum atomic E-state index is -0.153. The van der Waals surface area contributed by atoms with E-state index in [4.69, 9.17) is 9.72 Å². The van der Waals surface area contributed by atoms with Crippen molar-refractivity contribution in [3.8, 4) is 11.3 Å². The molecule has 4 heterocycles. The van der Waals surface area contributed by atoms with E-state index in [-0.39, 0.29) is 6.09 Å². The van der Waals surface area contributed by atoms with E-state index >= 15 is 0 Å². The van der Waals surface area contributed by atoms with Crippen LogP contribution in [0, 0.1) is 12.3 Å². The molecule has 2 aliphatic heterocycles. The molecule has 1 saturated carbocycles. The van der Waals surface area contributed by atoms with Crippen LogP contribution in [0.3, 0.4) is 0 Å². The number of rotatable bonds is 4. The van der Waals surface area contributed by atoms with E-state index in [2.05, 4.69) is 26.1 Å². The van der Waals surface area contributed by atoms with Gasteiger partial charge in [0.25, 0.3) is 0 Å². The smallest absolute Gasteiger partial charge is 0.409 e. The van der Waals surface area contributed by atoms with Crippen molar-refractivity contribution < 1.29 is 9.53 Å². The lowest BCUT2D eigenvalue weighted by Crippen LogP contribution is -2.58. The molecule has 1 aliphatic carbocycles. The lowest BCUT2D eigenvalue weighted by Gasteiger charge is -2.48. The molecule has 2 saturated heterocycles. The van der Waals surface area contributed by atoms with E-state index in [1.54, 1.807) is 0 Å². The summed E-state index contributed by atoms with van der Waals surface area (Å²) in [6.07, 6.45) is 5.34. The first-order valence-electron chi connectivity index (χ1n) is 11.7. The Bertz CT molecular complexity index is 951. The number of likely N-dealkylation sites (tertiary alicyclic amines) is 1. The fourth-order valence-electron chi connectivity index (χ4n) is 5.57. The molecule has 2 aromatic rings. The minimum absolute atomic E-state index is 0.153. The monoisotopic (exact) mass is 436 g/mol. The molecule has 1 spiro atoms. The number of piperazine rings is 1. The molecule has 32 heavy (non-hydrogen) atoms. The second-order valence-electron chi connectivity index (χ2n) is 9.41. The molecular formula is C24H32N6O2. The van der Waals surface area contributed by atoms with Gasteiger partial charge in [-0.25, -0.2) is 9.78 Å². The number of aromatic nitrogens is 3. The van der Waals surface area contributed by atoms with Crippen LogP contribution < -0.4 is 4.90 Å². The molecule has 1 atom stereocenters. The standard InChI is InChI=1S/C24H32N6O2/c1-3-32-23(31)30-16-24(17-30)9-8-19(15-24)28-11-13-29(14-12-28)22-20(5-4-10-25-22)21-7-6-18(2)26-27-21/h4-7,10,19H,3,8-9,11-17H2,1-2H3/t19-/m1/s1. The number of hydrogen-bond donors (Lipinski definition) is 0. The van der Waals surface area contributed by atoms with Gasteiger partial charge in [0.05, 0.1) is 18.0 Å². The number of pyridine rings is 1. The number of nitrogens with zero attached hydrogens (tertiary/aromatic N) is 6. The first kappa shape index (κ1) is 21.1. The van der Waals surface area contributed by atoms with E-state index < -0.39 is 0 Å². The van der Waals surface area contributed by atoms with Crippen molar-refractivity contribution in [2.75, 3.05) is 50.8 Å². The number of carbonyl (C=O) groups is 1. The van der Waals surface area contributed by atoms with Crippen LogP contribution in [0.4, 0.5) is 10.6 Å². The minimum Gasteiger partial charge on any atom is -0.450 e. The highest BCUT2D eigenvalue weighted by Gasteiger charge is 2.51. The molecule has 2 aromatic heterocycles. The summed E-state index contributed by atoms with van der Waals surface area (Å²) < 4.78 is 5.15. The maximum absolute atomic E-state index is 11.9. The van der Waals surface area contributed by atoms with Crippen molar-refractivity contribution in [3.05, 3.63) is 36.2 Å². The molecule has 0 aromatic carbocycles. The molecular weight excluding hydrogens is 404 g/mol. The zero-order chi connectivity index (χ0) is 22.1. The van der Waals surface area contributed by atoms with E-state index in [1.165, 1.54) is 19.3 Å². The largest absolute Gasteiger partial charge is 0.450 e. The van der Waals surface area contributed by atoms with Gasteiger partial charge in [-0.15, -0.1) is 0 Å². The predicted octanol–water partition coefficient (Wildman–Crippen LogP) is 2.98. The Morgan fingerprint density at radius 2 is 1.97 bits per heavy atom. The Hall–Kier alpha value is -2.74. The molecule has 170 valence electrons. The Morgan fingerprint density at radius 1 is 1.16 bits per heavy atom. The number of hydrogen-bond acceptors (Lipinski definition) is 7. The van der Waals surface area contributed by atoms with Gasteiger partial charge in [0.15, 0.2) is 0 Å². The van der Waals surface area contributed by atoms with E-state index in [0.29, 0.717) is 18.1 Å². The van der Waals surface area contributed by atoms with Crippen molar-refractivity contribution in [3.63, 3.8) is 0 Å². The van der Waals surface area contributed by atoms with Gasteiger partial charge in [-0.1, -0.05) is 0 Å². The molecule has 0 N–H and O–H groups in total. The highest BCUT2D eigenvalue weighted by Crippen LogP contribution is 2.47. The van der Waals surface area contributed by atoms with Gasteiger partial charge < -0.3 is 14.5 Å². The van der Waals surface area contributed by atoms with Crippen LogP contribution >= 0.6 is 0 Å². The average Bonchev–Trinajstić information content (AvgIpc) is 3.25. The summed E-state index contributed by atoms with van der Waals surface area (Å²) in [5.74, 6) is 0.997. The summed E-state index contributed by atoms with van der Waals surface area (Å²) in [7, 11) is 0. The van der Waals surface area contributed by atoms with Gasteiger partial charge in [0, 0.05) is 62.5 Å². The molecule has 8 heteroatoms. The van der Waals surface area contributed by atoms with Crippen LogP contribution in [-0.2, 0) is 4.74 Å². The van der Waals surface area contributed by atoms with Gasteiger partial charge in [0.1, 0.15) is 5.82 Å². The van der Waals surface area contributed by atoms with E-state index in [1.807, 2.05) is 43.1 Å². The van der Waals surface area contributed by atoms with Gasteiger partial charge in [0.2, 0.25) is 0 Å². The van der Waals surface area contributed by atoms with Crippen molar-refractivity contribution >= 4 is 11.9 Å². The van der Waals surface area contributed by atoms with Gasteiger partial charge in [-0.05, 0) is 57.4 Å². The van der Waals surface area contributed by atoms with Gasteiger partial charge in [-0.3, -0.25) is 4.90 Å². The highest BCUT2D eigenvalue weighted by atomic mass is 16.6. The summed E-state index contributed by atoms with van der Waals surface area (Å²) >= 11 is 0. The lowest BCUT2D eigenvalue weighted by atomic mass is 9.78. The number of amides is 1. The second kappa shape index (κ2) is 8.65. The molecule has 3 fully saturated rings. The summed E-state index contributed by atoms with van der Waals surface area (Å²) in [6, 6.07) is 8.69. The fourth-order valence-corrected chi connectivity index (χ4v) is 5.57. The molecule has 5 rings (SSSR count). The number of ether oxygens (including phenoxy) is 1. The van der Waals surface area contributed by atoms with Crippen molar-refractivity contribution in [2.45, 2.75) is 39.2 Å². The van der Waals surface area contributed by atoms with Crippen LogP contribution in [0.2, 0.25) is 0 Å². The Balaban J connectivity index is 1.18. The molecule has 0 unspecified atom stereocenters. The number of carbonyl (C=O) groups excluding carboxylic acids is 1. The molecule has 8 nitrogen and oxygen atoms in total.